The maximum absolute atomic E-state index is 12.3. The highest BCUT2D eigenvalue weighted by Gasteiger charge is 2.15. The average molecular weight is 402 g/mol. The maximum atomic E-state index is 12.3. The molecule has 4 aromatic rings. The van der Waals surface area contributed by atoms with Crippen molar-refractivity contribution in [1.29, 1.82) is 0 Å². The lowest BCUT2D eigenvalue weighted by Crippen LogP contribution is -2.24. The van der Waals surface area contributed by atoms with Gasteiger partial charge in [0.25, 0.3) is 0 Å². The summed E-state index contributed by atoms with van der Waals surface area (Å²) in [7, 11) is 0. The van der Waals surface area contributed by atoms with Gasteiger partial charge >= 0.3 is 0 Å². The second kappa shape index (κ2) is 8.39. The molecule has 4 rings (SSSR count). The molecule has 1 atom stereocenters. The number of benzene rings is 2. The fourth-order valence-electron chi connectivity index (χ4n) is 2.71. The Bertz CT molecular complexity index is 1160. The molecule has 2 N–H and O–H groups in total. The van der Waals surface area contributed by atoms with E-state index in [9.17, 15) is 9.59 Å². The number of nitrogens with zero attached hydrogens (tertiary/aromatic N) is 4. The molecule has 9 nitrogen and oxygen atoms in total. The third kappa shape index (κ3) is 4.41. The number of rotatable bonds is 6. The van der Waals surface area contributed by atoms with Gasteiger partial charge in [-0.2, -0.15) is 5.10 Å². The smallest absolute Gasteiger partial charge is 0.249 e. The summed E-state index contributed by atoms with van der Waals surface area (Å²) in [6.07, 6.45) is 5.72. The zero-order chi connectivity index (χ0) is 20.9. The summed E-state index contributed by atoms with van der Waals surface area (Å²) in [6, 6.07) is 13.7. The van der Waals surface area contributed by atoms with Crippen LogP contribution in [0, 0.1) is 0 Å². The molecular formula is C21H18N6O3. The van der Waals surface area contributed by atoms with Gasteiger partial charge in [-0.15, -0.1) is 0 Å². The molecule has 0 aliphatic rings. The van der Waals surface area contributed by atoms with Crippen LogP contribution in [-0.2, 0) is 9.59 Å². The summed E-state index contributed by atoms with van der Waals surface area (Å²) in [4.78, 5) is 32.5. The predicted octanol–water partition coefficient (Wildman–Crippen LogP) is 3.27. The molecule has 2 aromatic carbocycles. The molecule has 0 bridgehead atoms. The van der Waals surface area contributed by atoms with Crippen molar-refractivity contribution in [3.05, 3.63) is 73.2 Å². The number of fused-ring (bicyclic) bond motifs is 1. The number of aromatic nitrogens is 4. The molecular weight excluding hydrogens is 384 g/mol. The van der Waals surface area contributed by atoms with Crippen molar-refractivity contribution in [3.8, 4) is 0 Å². The van der Waals surface area contributed by atoms with E-state index in [2.05, 4.69) is 25.7 Å². The summed E-state index contributed by atoms with van der Waals surface area (Å²) in [5.74, 6) is -0.196. The van der Waals surface area contributed by atoms with Crippen LogP contribution in [0.15, 0.2) is 71.7 Å². The molecule has 0 saturated carbocycles. The first-order chi connectivity index (χ1) is 14.6. The Labute approximate surface area is 171 Å². The van der Waals surface area contributed by atoms with Crippen molar-refractivity contribution < 1.29 is 14.0 Å². The Balaban J connectivity index is 1.33. The number of hydrogen-bond donors (Lipinski definition) is 2. The SMILES string of the molecule is CC(C(=O)Nc1ccc(NC(=O)/C=C/c2nc3ccccc3o2)cc1)n1cncn1. The van der Waals surface area contributed by atoms with E-state index in [1.807, 2.05) is 24.3 Å². The van der Waals surface area contributed by atoms with Gasteiger partial charge in [-0.1, -0.05) is 12.1 Å². The van der Waals surface area contributed by atoms with E-state index in [1.165, 1.54) is 29.5 Å². The number of amides is 2. The minimum absolute atomic E-state index is 0.224. The van der Waals surface area contributed by atoms with Crippen molar-refractivity contribution in [2.24, 2.45) is 0 Å². The molecule has 0 radical (unpaired) electrons. The fourth-order valence-corrected chi connectivity index (χ4v) is 2.71. The van der Waals surface area contributed by atoms with E-state index in [4.69, 9.17) is 4.42 Å². The average Bonchev–Trinajstić information content (AvgIpc) is 3.43. The monoisotopic (exact) mass is 402 g/mol. The van der Waals surface area contributed by atoms with E-state index in [-0.39, 0.29) is 11.8 Å². The normalized spacial score (nSPS) is 12.2. The summed E-state index contributed by atoms with van der Waals surface area (Å²) >= 11 is 0. The molecule has 2 heterocycles. The first-order valence-electron chi connectivity index (χ1n) is 9.18. The molecule has 150 valence electrons. The van der Waals surface area contributed by atoms with Crippen LogP contribution in [0.1, 0.15) is 18.9 Å². The number of carbonyl (C=O) groups is 2. The summed E-state index contributed by atoms with van der Waals surface area (Å²) in [5.41, 5.74) is 2.58. The van der Waals surface area contributed by atoms with Gasteiger partial charge in [-0.3, -0.25) is 9.59 Å². The lowest BCUT2D eigenvalue weighted by atomic mass is 10.2. The van der Waals surface area contributed by atoms with E-state index < -0.39 is 6.04 Å². The van der Waals surface area contributed by atoms with Crippen LogP contribution in [-0.4, -0.2) is 31.6 Å². The quantitative estimate of drug-likeness (QED) is 0.478. The maximum Gasteiger partial charge on any atom is 0.249 e. The van der Waals surface area contributed by atoms with Crippen molar-refractivity contribution in [2.75, 3.05) is 10.6 Å². The Hall–Kier alpha value is -4.27. The van der Waals surface area contributed by atoms with Crippen LogP contribution < -0.4 is 10.6 Å². The standard InChI is InChI=1S/C21H18N6O3/c1-14(27-13-22-12-23-27)21(29)25-16-8-6-15(7-9-16)24-19(28)10-11-20-26-17-4-2-3-5-18(17)30-20/h2-14H,1H3,(H,24,28)(H,25,29)/b11-10+. The summed E-state index contributed by atoms with van der Waals surface area (Å²) < 4.78 is 7.00. The minimum Gasteiger partial charge on any atom is -0.437 e. The van der Waals surface area contributed by atoms with E-state index in [1.54, 1.807) is 31.2 Å². The van der Waals surface area contributed by atoms with Crippen LogP contribution >= 0.6 is 0 Å². The van der Waals surface area contributed by atoms with E-state index in [0.717, 1.165) is 5.52 Å². The summed E-state index contributed by atoms with van der Waals surface area (Å²) in [5, 5.41) is 9.49. The van der Waals surface area contributed by atoms with Gasteiger partial charge in [-0.25, -0.2) is 14.6 Å². The van der Waals surface area contributed by atoms with Gasteiger partial charge in [0.15, 0.2) is 5.58 Å². The van der Waals surface area contributed by atoms with Gasteiger partial charge in [0.1, 0.15) is 24.2 Å². The fraction of sp³-hybridized carbons (Fsp3) is 0.0952. The highest BCUT2D eigenvalue weighted by molar-refractivity contribution is 6.02. The Morgan fingerprint density at radius 1 is 1.07 bits per heavy atom. The van der Waals surface area contributed by atoms with Crippen LogP contribution in [0.2, 0.25) is 0 Å². The molecule has 30 heavy (non-hydrogen) atoms. The number of carbonyl (C=O) groups excluding carboxylic acids is 2. The lowest BCUT2D eigenvalue weighted by molar-refractivity contribution is -0.119. The summed E-state index contributed by atoms with van der Waals surface area (Å²) in [6.45, 7) is 1.72. The van der Waals surface area contributed by atoms with Gasteiger partial charge < -0.3 is 15.1 Å². The molecule has 2 amide bonds. The number of para-hydroxylation sites is 2. The molecule has 0 saturated heterocycles. The van der Waals surface area contributed by atoms with Gasteiger partial charge in [0.05, 0.1) is 0 Å². The van der Waals surface area contributed by atoms with Crippen LogP contribution in [0.25, 0.3) is 17.2 Å². The molecule has 2 aromatic heterocycles. The molecule has 9 heteroatoms. The van der Waals surface area contributed by atoms with Crippen molar-refractivity contribution in [1.82, 2.24) is 19.7 Å². The number of anilines is 2. The first-order valence-corrected chi connectivity index (χ1v) is 9.18. The topological polar surface area (TPSA) is 115 Å². The van der Waals surface area contributed by atoms with E-state index >= 15 is 0 Å². The van der Waals surface area contributed by atoms with Gasteiger partial charge in [0.2, 0.25) is 17.7 Å². The Morgan fingerprint density at radius 3 is 2.50 bits per heavy atom. The van der Waals surface area contributed by atoms with Crippen molar-refractivity contribution in [2.45, 2.75) is 13.0 Å². The van der Waals surface area contributed by atoms with Gasteiger partial charge in [0, 0.05) is 23.5 Å². The minimum atomic E-state index is -0.496. The lowest BCUT2D eigenvalue weighted by Gasteiger charge is -2.12. The zero-order valence-corrected chi connectivity index (χ0v) is 16.0. The number of oxazole rings is 1. The van der Waals surface area contributed by atoms with Crippen molar-refractivity contribution in [3.63, 3.8) is 0 Å². The highest BCUT2D eigenvalue weighted by atomic mass is 16.3. The molecule has 0 aliphatic heterocycles. The second-order valence-corrected chi connectivity index (χ2v) is 6.46. The predicted molar refractivity (Wildman–Crippen MR) is 111 cm³/mol. The zero-order valence-electron chi connectivity index (χ0n) is 16.0. The largest absolute Gasteiger partial charge is 0.437 e. The molecule has 0 aliphatic carbocycles. The molecule has 1 unspecified atom stereocenters. The first kappa shape index (κ1) is 19.1. The van der Waals surface area contributed by atoms with Crippen LogP contribution in [0.3, 0.4) is 0 Å². The van der Waals surface area contributed by atoms with Crippen LogP contribution in [0.4, 0.5) is 11.4 Å². The van der Waals surface area contributed by atoms with Crippen molar-refractivity contribution >= 4 is 40.4 Å². The Kier molecular flexibility index (Phi) is 5.33. The van der Waals surface area contributed by atoms with Gasteiger partial charge in [-0.05, 0) is 43.3 Å². The van der Waals surface area contributed by atoms with Crippen LogP contribution in [0.5, 0.6) is 0 Å². The Morgan fingerprint density at radius 2 is 1.80 bits per heavy atom. The highest BCUT2D eigenvalue weighted by Crippen LogP contribution is 2.17. The number of nitrogens with one attached hydrogen (secondary N) is 2. The third-order valence-electron chi connectivity index (χ3n) is 4.32. The van der Waals surface area contributed by atoms with E-state index in [0.29, 0.717) is 22.8 Å². The second-order valence-electron chi connectivity index (χ2n) is 6.46. The molecule has 0 fully saturated rings. The molecule has 0 spiro atoms. The third-order valence-corrected chi connectivity index (χ3v) is 4.32. The number of hydrogen-bond acceptors (Lipinski definition) is 6.